The van der Waals surface area contributed by atoms with Gasteiger partial charge in [0.1, 0.15) is 0 Å². The maximum absolute atomic E-state index is 12.5. The van der Waals surface area contributed by atoms with Gasteiger partial charge >= 0.3 is 0 Å². The number of rotatable bonds is 4. The highest BCUT2D eigenvalue weighted by Gasteiger charge is 2.26. The van der Waals surface area contributed by atoms with Gasteiger partial charge in [0.15, 0.2) is 4.60 Å². The minimum atomic E-state index is -3.71. The van der Waals surface area contributed by atoms with E-state index in [1.54, 1.807) is 0 Å². The van der Waals surface area contributed by atoms with E-state index < -0.39 is 10.0 Å². The minimum Gasteiger partial charge on any atom is -0.235 e. The molecule has 0 bridgehead atoms. The van der Waals surface area contributed by atoms with Crippen LogP contribution >= 0.6 is 15.9 Å². The summed E-state index contributed by atoms with van der Waals surface area (Å²) in [6.45, 7) is 5.78. The van der Waals surface area contributed by atoms with Gasteiger partial charge in [0.2, 0.25) is 5.03 Å². The Bertz CT molecular complexity index is 751. The van der Waals surface area contributed by atoms with E-state index in [1.165, 1.54) is 11.7 Å². The van der Waals surface area contributed by atoms with Crippen molar-refractivity contribution < 1.29 is 8.42 Å². The van der Waals surface area contributed by atoms with Crippen LogP contribution in [0.1, 0.15) is 29.7 Å². The molecule has 0 saturated carbocycles. The van der Waals surface area contributed by atoms with Crippen molar-refractivity contribution in [1.82, 2.24) is 19.7 Å². The van der Waals surface area contributed by atoms with Crippen LogP contribution in [0.2, 0.25) is 0 Å². The zero-order chi connectivity index (χ0) is 15.8. The molecular weight excluding hydrogens is 356 g/mol. The first-order valence-corrected chi connectivity index (χ1v) is 8.64. The third kappa shape index (κ3) is 3.33. The van der Waals surface area contributed by atoms with Gasteiger partial charge in [-0.15, -0.1) is 5.10 Å². The molecule has 0 spiro atoms. The molecule has 0 aliphatic carbocycles. The number of nitrogens with one attached hydrogen (secondary N) is 1. The number of aryl methyl sites for hydroxylation is 3. The molecule has 0 amide bonds. The lowest BCUT2D eigenvalue weighted by atomic mass is 10.0. The summed E-state index contributed by atoms with van der Waals surface area (Å²) in [5.74, 6) is 0. The fourth-order valence-corrected chi connectivity index (χ4v) is 4.59. The summed E-state index contributed by atoms with van der Waals surface area (Å²) in [5, 5.41) is 7.41. The van der Waals surface area contributed by atoms with E-state index in [0.717, 1.165) is 16.7 Å². The second kappa shape index (κ2) is 5.86. The SMILES string of the molecule is Cc1ccc(C(C)NS(=O)(=O)c2c(Br)nnn2C)c(C)c1. The Morgan fingerprint density at radius 2 is 2.00 bits per heavy atom. The van der Waals surface area contributed by atoms with Gasteiger partial charge in [-0.25, -0.2) is 17.8 Å². The van der Waals surface area contributed by atoms with Gasteiger partial charge in [-0.3, -0.25) is 0 Å². The Balaban J connectivity index is 2.32. The maximum atomic E-state index is 12.5. The van der Waals surface area contributed by atoms with Crippen LogP contribution in [0.15, 0.2) is 27.8 Å². The van der Waals surface area contributed by atoms with E-state index in [0.29, 0.717) is 0 Å². The van der Waals surface area contributed by atoms with Crippen molar-refractivity contribution in [2.24, 2.45) is 7.05 Å². The van der Waals surface area contributed by atoms with Crippen LogP contribution in [-0.4, -0.2) is 23.4 Å². The molecule has 6 nitrogen and oxygen atoms in total. The number of aromatic nitrogens is 3. The highest BCUT2D eigenvalue weighted by atomic mass is 79.9. The molecule has 2 aromatic rings. The number of benzene rings is 1. The molecule has 1 N–H and O–H groups in total. The predicted molar refractivity (Wildman–Crippen MR) is 83.4 cm³/mol. The van der Waals surface area contributed by atoms with E-state index >= 15 is 0 Å². The van der Waals surface area contributed by atoms with Crippen LogP contribution in [-0.2, 0) is 17.1 Å². The van der Waals surface area contributed by atoms with Crippen LogP contribution in [0.3, 0.4) is 0 Å². The van der Waals surface area contributed by atoms with Crippen LogP contribution in [0, 0.1) is 13.8 Å². The third-order valence-corrected chi connectivity index (χ3v) is 5.64. The summed E-state index contributed by atoms with van der Waals surface area (Å²) in [6, 6.07) is 5.59. The van der Waals surface area contributed by atoms with E-state index in [2.05, 4.69) is 31.0 Å². The number of hydrogen-bond donors (Lipinski definition) is 1. The van der Waals surface area contributed by atoms with E-state index in [1.807, 2.05) is 39.0 Å². The molecule has 1 unspecified atom stereocenters. The van der Waals surface area contributed by atoms with Crippen LogP contribution in [0.4, 0.5) is 0 Å². The summed E-state index contributed by atoms with van der Waals surface area (Å²) in [6.07, 6.45) is 0. The molecule has 8 heteroatoms. The standard InChI is InChI=1S/C13H17BrN4O2S/c1-8-5-6-11(9(2)7-8)10(3)16-21(19,20)13-12(14)15-17-18(13)4/h5-7,10,16H,1-4H3. The van der Waals surface area contributed by atoms with E-state index in [4.69, 9.17) is 0 Å². The zero-order valence-electron chi connectivity index (χ0n) is 12.3. The van der Waals surface area contributed by atoms with Crippen molar-refractivity contribution in [1.29, 1.82) is 0 Å². The van der Waals surface area contributed by atoms with Crippen molar-refractivity contribution in [3.05, 3.63) is 39.5 Å². The van der Waals surface area contributed by atoms with Gasteiger partial charge in [-0.1, -0.05) is 29.0 Å². The molecule has 1 heterocycles. The Hall–Kier alpha value is -1.25. The van der Waals surface area contributed by atoms with Crippen LogP contribution in [0.25, 0.3) is 0 Å². The molecular formula is C13H17BrN4O2S. The van der Waals surface area contributed by atoms with Gasteiger partial charge in [0, 0.05) is 13.1 Å². The lowest BCUT2D eigenvalue weighted by Crippen LogP contribution is -2.29. The highest BCUT2D eigenvalue weighted by Crippen LogP contribution is 2.23. The van der Waals surface area contributed by atoms with Gasteiger partial charge in [0.05, 0.1) is 0 Å². The molecule has 21 heavy (non-hydrogen) atoms. The molecule has 0 saturated heterocycles. The Morgan fingerprint density at radius 1 is 1.33 bits per heavy atom. The molecule has 0 aliphatic rings. The monoisotopic (exact) mass is 372 g/mol. The second-order valence-electron chi connectivity index (χ2n) is 5.01. The topological polar surface area (TPSA) is 76.9 Å². The summed E-state index contributed by atoms with van der Waals surface area (Å²) in [7, 11) is -2.18. The highest BCUT2D eigenvalue weighted by molar-refractivity contribution is 9.10. The second-order valence-corrected chi connectivity index (χ2v) is 7.39. The van der Waals surface area contributed by atoms with Gasteiger partial charge in [-0.2, -0.15) is 0 Å². The fourth-order valence-electron chi connectivity index (χ4n) is 2.27. The summed E-state index contributed by atoms with van der Waals surface area (Å²) in [4.78, 5) is 0. The summed E-state index contributed by atoms with van der Waals surface area (Å²) in [5.41, 5.74) is 3.13. The lowest BCUT2D eigenvalue weighted by Gasteiger charge is -2.17. The van der Waals surface area contributed by atoms with Crippen molar-refractivity contribution >= 4 is 26.0 Å². The normalized spacial score (nSPS) is 13.4. The van der Waals surface area contributed by atoms with Crippen molar-refractivity contribution in [3.8, 4) is 0 Å². The van der Waals surface area contributed by atoms with Crippen LogP contribution in [0.5, 0.6) is 0 Å². The molecule has 0 aliphatic heterocycles. The summed E-state index contributed by atoms with van der Waals surface area (Å²) < 4.78 is 29.0. The maximum Gasteiger partial charge on any atom is 0.261 e. The van der Waals surface area contributed by atoms with Crippen molar-refractivity contribution in [2.45, 2.75) is 31.8 Å². The van der Waals surface area contributed by atoms with E-state index in [9.17, 15) is 8.42 Å². The van der Waals surface area contributed by atoms with Crippen molar-refractivity contribution in [2.75, 3.05) is 0 Å². The number of hydrogen-bond acceptors (Lipinski definition) is 4. The zero-order valence-corrected chi connectivity index (χ0v) is 14.7. The quantitative estimate of drug-likeness (QED) is 0.892. The fraction of sp³-hybridized carbons (Fsp3) is 0.385. The molecule has 1 aromatic heterocycles. The first-order chi connectivity index (χ1) is 9.72. The average molecular weight is 373 g/mol. The van der Waals surface area contributed by atoms with Gasteiger partial charge in [0.25, 0.3) is 10.0 Å². The first-order valence-electron chi connectivity index (χ1n) is 6.37. The Morgan fingerprint density at radius 3 is 2.52 bits per heavy atom. The molecule has 2 rings (SSSR count). The molecule has 1 aromatic carbocycles. The van der Waals surface area contributed by atoms with E-state index in [-0.39, 0.29) is 15.7 Å². The Labute approximate surface area is 132 Å². The minimum absolute atomic E-state index is 0.0131. The molecule has 0 radical (unpaired) electrons. The smallest absolute Gasteiger partial charge is 0.235 e. The molecule has 1 atom stereocenters. The molecule has 114 valence electrons. The molecule has 0 fully saturated rings. The first kappa shape index (κ1) is 16.1. The third-order valence-electron chi connectivity index (χ3n) is 3.22. The number of halogens is 1. The number of sulfonamides is 1. The van der Waals surface area contributed by atoms with Gasteiger partial charge < -0.3 is 0 Å². The van der Waals surface area contributed by atoms with Crippen molar-refractivity contribution in [3.63, 3.8) is 0 Å². The average Bonchev–Trinajstić information content (AvgIpc) is 2.68. The largest absolute Gasteiger partial charge is 0.261 e. The predicted octanol–water partition coefficient (Wildman–Crippen LogP) is 2.23. The van der Waals surface area contributed by atoms with Gasteiger partial charge in [-0.05, 0) is 47.8 Å². The Kier molecular flexibility index (Phi) is 4.50. The lowest BCUT2D eigenvalue weighted by molar-refractivity contribution is 0.547. The summed E-state index contributed by atoms with van der Waals surface area (Å²) >= 11 is 3.11. The van der Waals surface area contributed by atoms with Crippen LogP contribution < -0.4 is 4.72 Å². The number of nitrogens with zero attached hydrogens (tertiary/aromatic N) is 3.